The van der Waals surface area contributed by atoms with E-state index in [0.29, 0.717) is 11.3 Å². The lowest BCUT2D eigenvalue weighted by Gasteiger charge is -1.97. The van der Waals surface area contributed by atoms with Gasteiger partial charge in [-0.3, -0.25) is 9.59 Å². The molecule has 1 aliphatic carbocycles. The number of primary amides is 1. The summed E-state index contributed by atoms with van der Waals surface area (Å²) in [6.07, 6.45) is 6.51. The average molecular weight is 232 g/mol. The Labute approximate surface area is 100 Å². The molecule has 0 radical (unpaired) electrons. The lowest BCUT2D eigenvalue weighted by Crippen LogP contribution is -2.12. The topological polar surface area (TPSA) is 86.2 Å². The molecule has 1 aromatic rings. The molecule has 4 N–H and O–H groups in total. The summed E-state index contributed by atoms with van der Waals surface area (Å²) in [5.41, 5.74) is 11.2. The Morgan fingerprint density at radius 2 is 1.94 bits per heavy atom. The van der Waals surface area contributed by atoms with E-state index < -0.39 is 5.91 Å². The smallest absolute Gasteiger partial charge is 0.250 e. The van der Waals surface area contributed by atoms with Crippen LogP contribution in [-0.2, 0) is 4.79 Å². The van der Waals surface area contributed by atoms with Crippen LogP contribution in [0, 0.1) is 0 Å². The van der Waals surface area contributed by atoms with Crippen LogP contribution < -0.4 is 11.5 Å². The summed E-state index contributed by atoms with van der Waals surface area (Å²) in [6.45, 7) is 0. The molecule has 0 saturated carbocycles. The van der Waals surface area contributed by atoms with Gasteiger partial charge in [-0.25, -0.2) is 0 Å². The second-order valence-electron chi connectivity index (χ2n) is 3.71. The molecule has 0 atom stereocenters. The number of anilines is 1. The summed E-state index contributed by atoms with van der Waals surface area (Å²) in [4.78, 5) is 20.9. The summed E-state index contributed by atoms with van der Waals surface area (Å²) in [5, 5.41) is 0. The number of nitrogen functional groups attached to an aromatic ring is 1. The maximum Gasteiger partial charge on any atom is 0.250 e. The van der Waals surface area contributed by atoms with Gasteiger partial charge in [-0.2, -0.15) is 0 Å². The number of amides is 1. The lowest BCUT2D eigenvalue weighted by molar-refractivity contribution is -0.114. The van der Waals surface area contributed by atoms with E-state index in [0.717, 1.165) is 19.3 Å². The maximum atomic E-state index is 10.6. The summed E-state index contributed by atoms with van der Waals surface area (Å²) in [5.74, 6) is -0.204. The van der Waals surface area contributed by atoms with Crippen molar-refractivity contribution >= 4 is 17.4 Å². The van der Waals surface area contributed by atoms with Crippen molar-refractivity contribution in [2.45, 2.75) is 19.3 Å². The summed E-state index contributed by atoms with van der Waals surface area (Å²) < 4.78 is 0. The molecule has 0 bridgehead atoms. The SMILES string of the molecule is NC(=O)c1ccccc1N.O=C1C=CCCC1. The monoisotopic (exact) mass is 232 g/mol. The number of hydrogen-bond donors (Lipinski definition) is 2. The van der Waals surface area contributed by atoms with Crippen LogP contribution in [0.3, 0.4) is 0 Å². The van der Waals surface area contributed by atoms with Gasteiger partial charge in [0.25, 0.3) is 5.91 Å². The fourth-order valence-corrected chi connectivity index (χ4v) is 1.41. The van der Waals surface area contributed by atoms with E-state index >= 15 is 0 Å². The van der Waals surface area contributed by atoms with Crippen LogP contribution in [0.4, 0.5) is 5.69 Å². The van der Waals surface area contributed by atoms with Crippen LogP contribution in [0.25, 0.3) is 0 Å². The van der Waals surface area contributed by atoms with Gasteiger partial charge in [-0.05, 0) is 31.1 Å². The lowest BCUT2D eigenvalue weighted by atomic mass is 10.1. The van der Waals surface area contributed by atoms with E-state index in [9.17, 15) is 9.59 Å². The Bertz CT molecular complexity index is 439. The standard InChI is InChI=1S/C7H8N2O.C6H8O/c8-6-4-2-1-3-5(6)7(9)10;7-6-4-2-1-3-5-6/h1-4H,8H2,(H2,9,10);2,4H,1,3,5H2. The third-order valence-corrected chi connectivity index (χ3v) is 2.32. The van der Waals surface area contributed by atoms with Crippen LogP contribution in [-0.4, -0.2) is 11.7 Å². The normalized spacial score (nSPS) is 13.8. The molecule has 0 unspecified atom stereocenters. The number of carbonyl (C=O) groups is 2. The van der Waals surface area contributed by atoms with Crippen LogP contribution in [0.1, 0.15) is 29.6 Å². The number of ketones is 1. The molecule has 1 amide bonds. The third-order valence-electron chi connectivity index (χ3n) is 2.32. The molecule has 0 fully saturated rings. The Morgan fingerprint density at radius 3 is 2.29 bits per heavy atom. The molecule has 0 heterocycles. The van der Waals surface area contributed by atoms with Crippen molar-refractivity contribution in [3.05, 3.63) is 42.0 Å². The number of para-hydroxylation sites is 1. The molecule has 4 heteroatoms. The molecule has 90 valence electrons. The zero-order chi connectivity index (χ0) is 12.7. The van der Waals surface area contributed by atoms with Gasteiger partial charge in [0.2, 0.25) is 0 Å². The third kappa shape index (κ3) is 4.51. The van der Waals surface area contributed by atoms with E-state index in [1.54, 1.807) is 30.3 Å². The predicted molar refractivity (Wildman–Crippen MR) is 67.4 cm³/mol. The van der Waals surface area contributed by atoms with E-state index in [1.165, 1.54) is 0 Å². The van der Waals surface area contributed by atoms with Gasteiger partial charge in [0.1, 0.15) is 0 Å². The van der Waals surface area contributed by atoms with Gasteiger partial charge in [0.05, 0.1) is 5.56 Å². The van der Waals surface area contributed by atoms with E-state index in [1.807, 2.05) is 6.08 Å². The van der Waals surface area contributed by atoms with Gasteiger partial charge < -0.3 is 11.5 Å². The molecule has 2 rings (SSSR count). The zero-order valence-electron chi connectivity index (χ0n) is 9.56. The van der Waals surface area contributed by atoms with Crippen LogP contribution in [0.5, 0.6) is 0 Å². The van der Waals surface area contributed by atoms with Crippen molar-refractivity contribution in [2.24, 2.45) is 5.73 Å². The Balaban J connectivity index is 0.000000181. The minimum absolute atomic E-state index is 0.284. The first-order valence-electron chi connectivity index (χ1n) is 5.45. The first kappa shape index (κ1) is 13.0. The van der Waals surface area contributed by atoms with Crippen LogP contribution in [0.15, 0.2) is 36.4 Å². The minimum atomic E-state index is -0.488. The average Bonchev–Trinajstić information content (AvgIpc) is 2.31. The van der Waals surface area contributed by atoms with Gasteiger partial charge in [-0.15, -0.1) is 0 Å². The molecular weight excluding hydrogens is 216 g/mol. The van der Waals surface area contributed by atoms with Gasteiger partial charge in [-0.1, -0.05) is 18.2 Å². The summed E-state index contributed by atoms with van der Waals surface area (Å²) >= 11 is 0. The van der Waals surface area contributed by atoms with Crippen molar-refractivity contribution in [3.63, 3.8) is 0 Å². The van der Waals surface area contributed by atoms with Crippen molar-refractivity contribution in [2.75, 3.05) is 5.73 Å². The quantitative estimate of drug-likeness (QED) is 0.722. The van der Waals surface area contributed by atoms with Crippen molar-refractivity contribution in [1.82, 2.24) is 0 Å². The number of hydrogen-bond acceptors (Lipinski definition) is 3. The van der Waals surface area contributed by atoms with Crippen LogP contribution >= 0.6 is 0 Å². The molecule has 0 aliphatic heterocycles. The number of allylic oxidation sites excluding steroid dienone is 2. The molecule has 4 nitrogen and oxygen atoms in total. The van der Waals surface area contributed by atoms with E-state index in [4.69, 9.17) is 11.5 Å². The molecule has 1 aliphatic rings. The highest BCUT2D eigenvalue weighted by Crippen LogP contribution is 2.08. The molecule has 17 heavy (non-hydrogen) atoms. The Kier molecular flexibility index (Phi) is 4.94. The minimum Gasteiger partial charge on any atom is -0.398 e. The first-order valence-corrected chi connectivity index (χ1v) is 5.45. The molecule has 0 aromatic heterocycles. The largest absolute Gasteiger partial charge is 0.398 e. The number of benzene rings is 1. The summed E-state index contributed by atoms with van der Waals surface area (Å²) in [6, 6.07) is 6.70. The number of rotatable bonds is 1. The van der Waals surface area contributed by atoms with Crippen LogP contribution in [0.2, 0.25) is 0 Å². The Morgan fingerprint density at radius 1 is 1.24 bits per heavy atom. The second-order valence-corrected chi connectivity index (χ2v) is 3.71. The van der Waals surface area contributed by atoms with Gasteiger partial charge >= 0.3 is 0 Å². The van der Waals surface area contributed by atoms with E-state index in [-0.39, 0.29) is 5.78 Å². The maximum absolute atomic E-state index is 10.6. The highest BCUT2D eigenvalue weighted by atomic mass is 16.1. The van der Waals surface area contributed by atoms with Crippen molar-refractivity contribution in [1.29, 1.82) is 0 Å². The van der Waals surface area contributed by atoms with E-state index in [2.05, 4.69) is 0 Å². The Hall–Kier alpha value is -2.10. The first-order chi connectivity index (χ1) is 8.11. The molecule has 1 aromatic carbocycles. The van der Waals surface area contributed by atoms with Crippen molar-refractivity contribution < 1.29 is 9.59 Å². The molecular formula is C13H16N2O2. The molecule has 0 spiro atoms. The fraction of sp³-hybridized carbons (Fsp3) is 0.231. The second kappa shape index (κ2) is 6.48. The predicted octanol–water partition coefficient (Wildman–Crippen LogP) is 1.66. The highest BCUT2D eigenvalue weighted by molar-refractivity contribution is 5.97. The molecule has 0 saturated heterocycles. The van der Waals surface area contributed by atoms with Gasteiger partial charge in [0.15, 0.2) is 5.78 Å². The zero-order valence-corrected chi connectivity index (χ0v) is 9.56. The number of nitrogens with two attached hydrogens (primary N) is 2. The fourth-order valence-electron chi connectivity index (χ4n) is 1.41. The van der Waals surface area contributed by atoms with Gasteiger partial charge in [0, 0.05) is 12.1 Å². The highest BCUT2D eigenvalue weighted by Gasteiger charge is 2.01. The van der Waals surface area contributed by atoms with Crippen molar-refractivity contribution in [3.8, 4) is 0 Å². The summed E-state index contributed by atoms with van der Waals surface area (Å²) in [7, 11) is 0. The number of carbonyl (C=O) groups excluding carboxylic acids is 2.